The van der Waals surface area contributed by atoms with Crippen molar-refractivity contribution in [3.05, 3.63) is 0 Å². The second-order valence-corrected chi connectivity index (χ2v) is 9.58. The van der Waals surface area contributed by atoms with E-state index in [2.05, 4.69) is 24.1 Å². The molecule has 0 aromatic heterocycles. The number of nitrogens with one attached hydrogen (secondary N) is 1. The van der Waals surface area contributed by atoms with Crippen molar-refractivity contribution in [2.75, 3.05) is 46.0 Å². The van der Waals surface area contributed by atoms with E-state index in [0.717, 1.165) is 19.5 Å². The molecular weight excluding hydrogens is 370 g/mol. The Morgan fingerprint density at radius 3 is 2.48 bits per heavy atom. The topological polar surface area (TPSA) is 71.1 Å². The molecule has 29 heavy (non-hydrogen) atoms. The minimum absolute atomic E-state index is 0.0868. The van der Waals surface area contributed by atoms with Crippen LogP contribution in [0.25, 0.3) is 0 Å². The van der Waals surface area contributed by atoms with Crippen molar-refractivity contribution >= 4 is 11.8 Å². The standard InChI is InChI=1S/C22H39N3O4/c1-15(2)5-6-25-13-17(11-20(26)23-16(3)4)22-18(25)14-29-19(22)12-21(27)24-7-9-28-10-8-24/h15-19,22H,5-14H2,1-4H3,(H,23,26)/t17-,18-,19+,22-/m1/s1. The van der Waals surface area contributed by atoms with Gasteiger partial charge in [0, 0.05) is 44.1 Å². The molecule has 3 saturated heterocycles. The maximum Gasteiger partial charge on any atom is 0.225 e. The number of morpholine rings is 1. The number of hydrogen-bond acceptors (Lipinski definition) is 5. The third kappa shape index (κ3) is 5.92. The highest BCUT2D eigenvalue weighted by Crippen LogP contribution is 2.42. The van der Waals surface area contributed by atoms with Gasteiger partial charge in [-0.25, -0.2) is 0 Å². The molecule has 3 aliphatic heterocycles. The summed E-state index contributed by atoms with van der Waals surface area (Å²) < 4.78 is 11.5. The number of amides is 2. The second kappa shape index (κ2) is 10.2. The summed E-state index contributed by atoms with van der Waals surface area (Å²) >= 11 is 0. The van der Waals surface area contributed by atoms with Crippen LogP contribution in [0.4, 0.5) is 0 Å². The smallest absolute Gasteiger partial charge is 0.225 e. The molecule has 3 aliphatic rings. The lowest BCUT2D eigenvalue weighted by molar-refractivity contribution is -0.138. The first-order chi connectivity index (χ1) is 13.8. The molecule has 4 atom stereocenters. The van der Waals surface area contributed by atoms with Gasteiger partial charge in [-0.1, -0.05) is 13.8 Å². The summed E-state index contributed by atoms with van der Waals surface area (Å²) in [5.74, 6) is 1.42. The van der Waals surface area contributed by atoms with Crippen molar-refractivity contribution in [3.8, 4) is 0 Å². The van der Waals surface area contributed by atoms with E-state index in [4.69, 9.17) is 9.47 Å². The Morgan fingerprint density at radius 1 is 1.10 bits per heavy atom. The monoisotopic (exact) mass is 409 g/mol. The average molecular weight is 410 g/mol. The Bertz CT molecular complexity index is 562. The SMILES string of the molecule is CC(C)CCN1C[C@@H](CC(=O)NC(C)C)[C@H]2[C@H](CC(=O)N3CCOCC3)OC[C@H]21. The molecular formula is C22H39N3O4. The summed E-state index contributed by atoms with van der Waals surface area (Å²) in [6.45, 7) is 13.7. The van der Waals surface area contributed by atoms with Crippen molar-refractivity contribution in [1.82, 2.24) is 15.1 Å². The van der Waals surface area contributed by atoms with Gasteiger partial charge in [-0.15, -0.1) is 0 Å². The Labute approximate surface area is 175 Å². The van der Waals surface area contributed by atoms with E-state index in [0.29, 0.717) is 57.7 Å². The van der Waals surface area contributed by atoms with Gasteiger partial charge in [0.15, 0.2) is 0 Å². The van der Waals surface area contributed by atoms with Gasteiger partial charge in [0.25, 0.3) is 0 Å². The Hall–Kier alpha value is -1.18. The zero-order valence-electron chi connectivity index (χ0n) is 18.6. The fourth-order valence-corrected chi connectivity index (χ4v) is 5.03. The van der Waals surface area contributed by atoms with Crippen LogP contribution < -0.4 is 5.32 Å². The molecule has 0 aromatic rings. The minimum atomic E-state index is -0.0868. The molecule has 7 heteroatoms. The maximum atomic E-state index is 12.8. The van der Waals surface area contributed by atoms with Crippen LogP contribution in [0.5, 0.6) is 0 Å². The molecule has 0 saturated carbocycles. The van der Waals surface area contributed by atoms with Gasteiger partial charge in [-0.2, -0.15) is 0 Å². The third-order valence-electron chi connectivity index (χ3n) is 6.47. The molecule has 0 aliphatic carbocycles. The second-order valence-electron chi connectivity index (χ2n) is 9.58. The van der Waals surface area contributed by atoms with Crippen LogP contribution in [0.2, 0.25) is 0 Å². The fourth-order valence-electron chi connectivity index (χ4n) is 5.03. The van der Waals surface area contributed by atoms with E-state index in [1.807, 2.05) is 18.7 Å². The number of carbonyl (C=O) groups excluding carboxylic acids is 2. The van der Waals surface area contributed by atoms with Gasteiger partial charge in [0.1, 0.15) is 0 Å². The lowest BCUT2D eigenvalue weighted by Crippen LogP contribution is -2.43. The predicted molar refractivity (Wildman–Crippen MR) is 111 cm³/mol. The fraction of sp³-hybridized carbons (Fsp3) is 0.909. The molecule has 0 aromatic carbocycles. The first-order valence-corrected chi connectivity index (χ1v) is 11.4. The number of likely N-dealkylation sites (tertiary alicyclic amines) is 1. The highest BCUT2D eigenvalue weighted by Gasteiger charge is 2.51. The summed E-state index contributed by atoms with van der Waals surface area (Å²) in [4.78, 5) is 29.7. The van der Waals surface area contributed by atoms with Gasteiger partial charge in [-0.3, -0.25) is 14.5 Å². The maximum absolute atomic E-state index is 12.8. The summed E-state index contributed by atoms with van der Waals surface area (Å²) in [5, 5.41) is 3.03. The highest BCUT2D eigenvalue weighted by molar-refractivity contribution is 5.77. The van der Waals surface area contributed by atoms with Crippen LogP contribution >= 0.6 is 0 Å². The number of carbonyl (C=O) groups is 2. The van der Waals surface area contributed by atoms with Crippen LogP contribution in [0.3, 0.4) is 0 Å². The zero-order valence-corrected chi connectivity index (χ0v) is 18.6. The highest BCUT2D eigenvalue weighted by atomic mass is 16.5. The van der Waals surface area contributed by atoms with E-state index in [1.165, 1.54) is 0 Å². The average Bonchev–Trinajstić information content (AvgIpc) is 3.22. The van der Waals surface area contributed by atoms with Crippen molar-refractivity contribution in [2.45, 2.75) is 65.1 Å². The summed E-state index contributed by atoms with van der Waals surface area (Å²) in [7, 11) is 0. The summed E-state index contributed by atoms with van der Waals surface area (Å²) in [5.41, 5.74) is 0. The van der Waals surface area contributed by atoms with Crippen molar-refractivity contribution in [1.29, 1.82) is 0 Å². The van der Waals surface area contributed by atoms with Gasteiger partial charge in [0.05, 0.1) is 32.3 Å². The Balaban J connectivity index is 1.65. The molecule has 1 N–H and O–H groups in total. The first-order valence-electron chi connectivity index (χ1n) is 11.4. The van der Waals surface area contributed by atoms with E-state index in [-0.39, 0.29) is 35.8 Å². The Kier molecular flexibility index (Phi) is 7.93. The van der Waals surface area contributed by atoms with Gasteiger partial charge < -0.3 is 19.7 Å². The number of rotatable bonds is 8. The normalized spacial score (nSPS) is 30.2. The van der Waals surface area contributed by atoms with E-state index in [1.54, 1.807) is 0 Å². The molecule has 0 radical (unpaired) electrons. The molecule has 7 nitrogen and oxygen atoms in total. The molecule has 0 bridgehead atoms. The van der Waals surface area contributed by atoms with Gasteiger partial charge in [-0.05, 0) is 38.6 Å². The Morgan fingerprint density at radius 2 is 1.83 bits per heavy atom. The first kappa shape index (κ1) is 22.5. The molecule has 166 valence electrons. The van der Waals surface area contributed by atoms with Crippen LogP contribution in [-0.2, 0) is 19.1 Å². The van der Waals surface area contributed by atoms with Crippen molar-refractivity contribution < 1.29 is 19.1 Å². The molecule has 3 fully saturated rings. The lowest BCUT2D eigenvalue weighted by atomic mass is 9.84. The third-order valence-corrected chi connectivity index (χ3v) is 6.47. The lowest BCUT2D eigenvalue weighted by Gasteiger charge is -2.29. The van der Waals surface area contributed by atoms with Gasteiger partial charge in [0.2, 0.25) is 11.8 Å². The van der Waals surface area contributed by atoms with E-state index in [9.17, 15) is 9.59 Å². The van der Waals surface area contributed by atoms with Crippen molar-refractivity contribution in [2.24, 2.45) is 17.8 Å². The van der Waals surface area contributed by atoms with Crippen LogP contribution in [0, 0.1) is 17.8 Å². The van der Waals surface area contributed by atoms with Crippen molar-refractivity contribution in [3.63, 3.8) is 0 Å². The van der Waals surface area contributed by atoms with Crippen LogP contribution in [-0.4, -0.2) is 85.8 Å². The van der Waals surface area contributed by atoms with Crippen LogP contribution in [0.1, 0.15) is 47.0 Å². The minimum Gasteiger partial charge on any atom is -0.378 e. The number of ether oxygens (including phenoxy) is 2. The van der Waals surface area contributed by atoms with E-state index >= 15 is 0 Å². The number of hydrogen-bond donors (Lipinski definition) is 1. The van der Waals surface area contributed by atoms with Gasteiger partial charge >= 0.3 is 0 Å². The quantitative estimate of drug-likeness (QED) is 0.658. The molecule has 3 rings (SSSR count). The van der Waals surface area contributed by atoms with E-state index < -0.39 is 0 Å². The number of nitrogens with zero attached hydrogens (tertiary/aromatic N) is 2. The van der Waals surface area contributed by atoms with Crippen LogP contribution in [0.15, 0.2) is 0 Å². The largest absolute Gasteiger partial charge is 0.378 e. The molecule has 3 heterocycles. The molecule has 2 amide bonds. The summed E-state index contributed by atoms with van der Waals surface area (Å²) in [6, 6.07) is 0.475. The zero-order chi connectivity index (χ0) is 21.0. The molecule has 0 unspecified atom stereocenters. The summed E-state index contributed by atoms with van der Waals surface area (Å²) in [6.07, 6.45) is 1.99. The number of fused-ring (bicyclic) bond motifs is 1. The molecule has 0 spiro atoms. The predicted octanol–water partition coefficient (Wildman–Crippen LogP) is 1.51.